The number of ether oxygens (including phenoxy) is 2. The second kappa shape index (κ2) is 16.5. The summed E-state index contributed by atoms with van der Waals surface area (Å²) in [4.78, 5) is 2.43. The number of thiophene rings is 2. The first kappa shape index (κ1) is 39.1. The first-order valence-electron chi connectivity index (χ1n) is 21.3. The van der Waals surface area contributed by atoms with E-state index in [4.69, 9.17) is 9.47 Å². The fourth-order valence-corrected chi connectivity index (χ4v) is 11.6. The Morgan fingerprint density at radius 3 is 1.24 bits per heavy atom. The van der Waals surface area contributed by atoms with Crippen molar-refractivity contribution in [3.8, 4) is 65.8 Å². The number of aliphatic hydroxyl groups excluding tert-OH is 2. The van der Waals surface area contributed by atoms with Gasteiger partial charge in [0, 0.05) is 30.3 Å². The summed E-state index contributed by atoms with van der Waals surface area (Å²) in [5.74, 6) is 1.42. The van der Waals surface area contributed by atoms with Gasteiger partial charge in [0.05, 0.1) is 18.6 Å². The summed E-state index contributed by atoms with van der Waals surface area (Å²) in [5, 5.41) is 22.3. The van der Waals surface area contributed by atoms with Crippen molar-refractivity contribution in [1.82, 2.24) is 0 Å². The lowest BCUT2D eigenvalue weighted by molar-refractivity contribution is 0.202. The summed E-state index contributed by atoms with van der Waals surface area (Å²) in [6.07, 6.45) is 0. The van der Waals surface area contributed by atoms with Gasteiger partial charge in [0.2, 0.25) is 0 Å². The van der Waals surface area contributed by atoms with Crippen molar-refractivity contribution in [2.75, 3.05) is 26.4 Å². The molecule has 1 aliphatic rings. The smallest absolute Gasteiger partial charge is 0.127 e. The van der Waals surface area contributed by atoms with Crippen molar-refractivity contribution in [2.45, 2.75) is 5.41 Å². The minimum absolute atomic E-state index is 0.0886. The van der Waals surface area contributed by atoms with Gasteiger partial charge in [-0.3, -0.25) is 0 Å². The molecule has 0 spiro atoms. The van der Waals surface area contributed by atoms with E-state index in [2.05, 4.69) is 182 Å². The summed E-state index contributed by atoms with van der Waals surface area (Å²) in [6, 6.07) is 69.8. The van der Waals surface area contributed by atoms with Crippen LogP contribution in [0.2, 0.25) is 0 Å². The van der Waals surface area contributed by atoms with E-state index >= 15 is 0 Å². The van der Waals surface area contributed by atoms with E-state index < -0.39 is 5.41 Å². The third kappa shape index (κ3) is 6.83. The molecule has 2 aromatic heterocycles. The number of hydrogen-bond acceptors (Lipinski definition) is 6. The highest BCUT2D eigenvalue weighted by Crippen LogP contribution is 2.59. The van der Waals surface area contributed by atoms with Crippen LogP contribution in [0.25, 0.3) is 74.4 Å². The zero-order chi connectivity index (χ0) is 42.3. The first-order valence-corrected chi connectivity index (χ1v) is 22.9. The van der Waals surface area contributed by atoms with E-state index in [0.717, 1.165) is 44.5 Å². The molecule has 8 aromatic carbocycles. The van der Waals surface area contributed by atoms with Gasteiger partial charge in [0.1, 0.15) is 24.7 Å². The van der Waals surface area contributed by atoms with E-state index in [1.807, 2.05) is 34.8 Å². The Morgan fingerprint density at radius 1 is 0.381 bits per heavy atom. The maximum absolute atomic E-state index is 9.91. The molecule has 63 heavy (non-hydrogen) atoms. The minimum Gasteiger partial charge on any atom is -0.491 e. The fourth-order valence-electron chi connectivity index (χ4n) is 9.44. The third-order valence-electron chi connectivity index (χ3n) is 12.2. The Hall–Kier alpha value is -6.80. The maximum atomic E-state index is 9.91. The van der Waals surface area contributed by atoms with Crippen LogP contribution >= 0.6 is 22.7 Å². The van der Waals surface area contributed by atoms with Gasteiger partial charge in [-0.2, -0.15) is 0 Å². The van der Waals surface area contributed by atoms with Crippen molar-refractivity contribution in [3.63, 3.8) is 0 Å². The molecule has 0 fully saturated rings. The van der Waals surface area contributed by atoms with Crippen LogP contribution in [0, 0.1) is 0 Å². The Balaban J connectivity index is 1.25. The predicted molar refractivity (Wildman–Crippen MR) is 261 cm³/mol. The molecule has 6 heteroatoms. The van der Waals surface area contributed by atoms with Crippen molar-refractivity contribution < 1.29 is 19.7 Å². The van der Waals surface area contributed by atoms with Gasteiger partial charge in [-0.05, 0) is 127 Å². The molecule has 0 bridgehead atoms. The van der Waals surface area contributed by atoms with Gasteiger partial charge in [-0.15, -0.1) is 22.7 Å². The molecule has 1 aliphatic carbocycles. The molecule has 0 aliphatic heterocycles. The van der Waals surface area contributed by atoms with Crippen molar-refractivity contribution in [3.05, 3.63) is 216 Å². The van der Waals surface area contributed by atoms with Crippen LogP contribution in [0.15, 0.2) is 194 Å². The SMILES string of the molecule is OCCOc1ccc(C2(c3ccc(OCCO)c(-c4ccccc4)c3)c3cc(-c4cc5ccccc5s4)ccc3-c3ccc(-c4cc5ccccc5s4)cc32)cc1-c1ccccc1. The average molecular weight is 855 g/mol. The molecule has 0 unspecified atom stereocenters. The number of benzene rings is 8. The van der Waals surface area contributed by atoms with E-state index in [1.165, 1.54) is 52.2 Å². The van der Waals surface area contributed by atoms with Crippen LogP contribution in [0.3, 0.4) is 0 Å². The Labute approximate surface area is 374 Å². The zero-order valence-corrected chi connectivity index (χ0v) is 36.0. The molecule has 0 saturated heterocycles. The van der Waals surface area contributed by atoms with Crippen LogP contribution in [0.1, 0.15) is 22.3 Å². The van der Waals surface area contributed by atoms with E-state index in [0.29, 0.717) is 11.5 Å². The molecule has 11 rings (SSSR count). The summed E-state index contributed by atoms with van der Waals surface area (Å²) < 4.78 is 15.1. The lowest BCUT2D eigenvalue weighted by Gasteiger charge is -2.35. The highest BCUT2D eigenvalue weighted by Gasteiger charge is 2.47. The number of aliphatic hydroxyl groups is 2. The van der Waals surface area contributed by atoms with Crippen molar-refractivity contribution in [1.29, 1.82) is 0 Å². The summed E-state index contributed by atoms with van der Waals surface area (Å²) >= 11 is 3.64. The molecular formula is C57H42O4S2. The van der Waals surface area contributed by atoms with Crippen molar-refractivity contribution in [2.24, 2.45) is 0 Å². The molecule has 0 saturated carbocycles. The summed E-state index contributed by atoms with van der Waals surface area (Å²) in [6.45, 7) is 0.189. The van der Waals surface area contributed by atoms with Gasteiger partial charge in [-0.25, -0.2) is 0 Å². The highest BCUT2D eigenvalue weighted by molar-refractivity contribution is 7.22. The number of fused-ring (bicyclic) bond motifs is 5. The number of hydrogen-bond donors (Lipinski definition) is 2. The van der Waals surface area contributed by atoms with Gasteiger partial charge in [0.25, 0.3) is 0 Å². The molecular weight excluding hydrogens is 813 g/mol. The molecule has 2 heterocycles. The van der Waals surface area contributed by atoms with Crippen molar-refractivity contribution >= 4 is 42.8 Å². The van der Waals surface area contributed by atoms with Gasteiger partial charge < -0.3 is 19.7 Å². The number of rotatable bonds is 12. The van der Waals surface area contributed by atoms with Crippen LogP contribution in [0.4, 0.5) is 0 Å². The largest absolute Gasteiger partial charge is 0.491 e. The lowest BCUT2D eigenvalue weighted by Crippen LogP contribution is -2.29. The summed E-state index contributed by atoms with van der Waals surface area (Å²) in [7, 11) is 0. The lowest BCUT2D eigenvalue weighted by atomic mass is 9.66. The zero-order valence-electron chi connectivity index (χ0n) is 34.3. The minimum atomic E-state index is -0.831. The molecule has 0 radical (unpaired) electrons. The van der Waals surface area contributed by atoms with Gasteiger partial charge >= 0.3 is 0 Å². The first-order chi connectivity index (χ1) is 31.1. The highest BCUT2D eigenvalue weighted by atomic mass is 32.1. The molecule has 0 atom stereocenters. The summed E-state index contributed by atoms with van der Waals surface area (Å²) in [5.41, 5.74) is 12.3. The van der Waals surface area contributed by atoms with Crippen LogP contribution in [0.5, 0.6) is 11.5 Å². The average Bonchev–Trinajstić information content (AvgIpc) is 4.06. The molecule has 4 nitrogen and oxygen atoms in total. The van der Waals surface area contributed by atoms with E-state index in [1.54, 1.807) is 0 Å². The third-order valence-corrected chi connectivity index (χ3v) is 14.6. The van der Waals surface area contributed by atoms with E-state index in [-0.39, 0.29) is 26.4 Å². The van der Waals surface area contributed by atoms with Crippen LogP contribution < -0.4 is 9.47 Å². The Bertz CT molecular complexity index is 2990. The Kier molecular flexibility index (Phi) is 10.2. The Morgan fingerprint density at radius 2 is 0.810 bits per heavy atom. The molecule has 10 aromatic rings. The second-order valence-electron chi connectivity index (χ2n) is 15.9. The predicted octanol–water partition coefficient (Wildman–Crippen LogP) is 13.9. The topological polar surface area (TPSA) is 58.9 Å². The second-order valence-corrected chi connectivity index (χ2v) is 18.0. The monoisotopic (exact) mass is 854 g/mol. The maximum Gasteiger partial charge on any atom is 0.127 e. The standard InChI is InChI=1S/C57H42O4S2/c58-27-29-60-51-25-21-43(35-47(51)37-11-3-1-4-12-37)57(44-22-26-52(61-30-28-59)48(36-44)38-13-5-2-6-14-38)49-31-41(55-33-39-15-7-9-17-53(39)62-55)19-23-45(49)46-24-20-42(32-50(46)57)56-34-40-16-8-10-18-54(40)63-56/h1-26,31-36,58-59H,27-30H2. The van der Waals surface area contributed by atoms with Gasteiger partial charge in [0.15, 0.2) is 0 Å². The molecule has 2 N–H and O–H groups in total. The van der Waals surface area contributed by atoms with E-state index in [9.17, 15) is 10.2 Å². The molecule has 0 amide bonds. The fraction of sp³-hybridized carbons (Fsp3) is 0.0877. The quantitative estimate of drug-likeness (QED) is 0.129. The van der Waals surface area contributed by atoms with Crippen LogP contribution in [-0.2, 0) is 5.41 Å². The molecule has 306 valence electrons. The van der Waals surface area contributed by atoms with Crippen LogP contribution in [-0.4, -0.2) is 36.6 Å². The normalized spacial score (nSPS) is 12.7. The van der Waals surface area contributed by atoms with Gasteiger partial charge in [-0.1, -0.05) is 133 Å².